The van der Waals surface area contributed by atoms with Gasteiger partial charge in [0.2, 0.25) is 5.91 Å². The highest BCUT2D eigenvalue weighted by atomic mass is 19.1. The maximum Gasteiger partial charge on any atom is 0.414 e. The summed E-state index contributed by atoms with van der Waals surface area (Å²) in [6.07, 6.45) is -10.8. The monoisotopic (exact) mass is 1210 g/mol. The zero-order valence-corrected chi connectivity index (χ0v) is 52.3. The van der Waals surface area contributed by atoms with Gasteiger partial charge in [-0.25, -0.2) is 18.8 Å². The van der Waals surface area contributed by atoms with E-state index in [9.17, 15) is 44.4 Å². The van der Waals surface area contributed by atoms with Crippen molar-refractivity contribution in [3.63, 3.8) is 0 Å². The smallest absolute Gasteiger partial charge is 0.414 e. The number of benzene rings is 1. The number of carbonyl (C=O) groups is 5. The number of cyclic esters (lactones) is 2. The highest BCUT2D eigenvalue weighted by Crippen LogP contribution is 2.42. The molecule has 20 atom stereocenters. The minimum absolute atomic E-state index is 0.00541. The van der Waals surface area contributed by atoms with E-state index in [0.29, 0.717) is 63.4 Å². The summed E-state index contributed by atoms with van der Waals surface area (Å²) in [4.78, 5) is 71.5. The van der Waals surface area contributed by atoms with Crippen molar-refractivity contribution in [3.05, 3.63) is 24.0 Å². The minimum atomic E-state index is -1.93. The molecule has 9 N–H and O–H groups in total. The lowest BCUT2D eigenvalue weighted by molar-refractivity contribution is -0.318. The Balaban J connectivity index is 1.05. The SMILES string of the molecule is CC[C@H]1OC(=O)[C@H](C)[C@@H](OC2CC(C)(OC)C(OC(=O)NCCCCNC(=O)N3CCN(c4ccc(N5C[C@H](CNC(C)=O)OC5=O)cc4F)CC3)C(C)O2)C(C)[C@@H](OC2OC(C)CC(N(C)C)C2O)[C@](C)(O)C[C@@H](C)[C@H](N)[C@H](C)[C@@H](O)[C@]1(C)O. The number of methoxy groups -OCH3 is 1. The van der Waals surface area contributed by atoms with Gasteiger partial charge in [0, 0.05) is 83.6 Å². The van der Waals surface area contributed by atoms with Gasteiger partial charge in [0.25, 0.3) is 0 Å². The number of nitrogens with two attached hydrogens (primary N) is 1. The molecule has 0 aliphatic carbocycles. The Bertz CT molecular complexity index is 2400. The number of alkyl carbamates (subject to hydrolysis) is 1. The van der Waals surface area contributed by atoms with Gasteiger partial charge in [-0.3, -0.25) is 14.5 Å². The standard InChI is InChI=1S/C59H99FN8O17/c1-15-44-59(11,77)49(71)34(4)46(61)32(2)28-57(9,76)50(84-53-47(70)43(65(12)13)26-33(3)79-53)35(5)48(36(6)52(72)82-44)83-45-29-58(10,78-14)51(37(7)80-45)85-55(74)63-21-17-16-20-62-54(73)67-24-22-66(23-25-67)42-19-18-39(27-41(42)60)68-31-40(81-56(68)75)30-64-38(8)69/h18-19,27,32-37,40,43-51,53,70-71,76-77H,15-17,20-26,28-31,61H2,1-14H3,(H,62,73)(H,63,74)(H,64,69)/t32-,33?,34+,35?,36-,37?,40+,43?,44-,45?,46+,47?,48+,49-,50-,51?,53?,57-,58?,59-/m1/s1. The van der Waals surface area contributed by atoms with Crippen molar-refractivity contribution in [2.75, 3.05) is 83.4 Å². The van der Waals surface area contributed by atoms with Crippen LogP contribution in [0.15, 0.2) is 18.2 Å². The van der Waals surface area contributed by atoms with E-state index in [1.54, 1.807) is 65.5 Å². The first-order valence-electron chi connectivity index (χ1n) is 30.2. The second-order valence-corrected chi connectivity index (χ2v) is 25.2. The Labute approximate surface area is 500 Å². The summed E-state index contributed by atoms with van der Waals surface area (Å²) in [5.74, 6) is -4.76. The predicted molar refractivity (Wildman–Crippen MR) is 311 cm³/mol. The fourth-order valence-corrected chi connectivity index (χ4v) is 12.9. The molecule has 5 heterocycles. The maximum absolute atomic E-state index is 15.4. The molecule has 5 aliphatic rings. The third-order valence-electron chi connectivity index (χ3n) is 18.1. The molecule has 25 nitrogen and oxygen atoms in total. The van der Waals surface area contributed by atoms with Crippen LogP contribution in [0.5, 0.6) is 0 Å². The van der Waals surface area contributed by atoms with Crippen LogP contribution in [0.1, 0.15) is 115 Å². The van der Waals surface area contributed by atoms with Crippen molar-refractivity contribution in [2.24, 2.45) is 29.4 Å². The Morgan fingerprint density at radius 1 is 0.882 bits per heavy atom. The molecule has 0 spiro atoms. The number of halogens is 1. The molecule has 1 aromatic carbocycles. The lowest BCUT2D eigenvalue weighted by Gasteiger charge is -2.49. The van der Waals surface area contributed by atoms with Gasteiger partial charge in [0.15, 0.2) is 18.7 Å². The van der Waals surface area contributed by atoms with Crippen LogP contribution in [0.3, 0.4) is 0 Å². The van der Waals surface area contributed by atoms with E-state index < -0.39 is 132 Å². The number of nitrogens with zero attached hydrogens (tertiary/aromatic N) is 4. The normalized spacial score (nSPS) is 38.0. The van der Waals surface area contributed by atoms with Crippen LogP contribution >= 0.6 is 0 Å². The number of unbranched alkanes of at least 4 members (excludes halogenated alkanes) is 1. The van der Waals surface area contributed by atoms with Crippen LogP contribution in [-0.2, 0) is 47.5 Å². The van der Waals surface area contributed by atoms with Gasteiger partial charge < -0.3 is 94.7 Å². The van der Waals surface area contributed by atoms with Crippen LogP contribution in [0, 0.1) is 29.5 Å². The number of carbonyl (C=O) groups excluding carboxylic acids is 5. The summed E-state index contributed by atoms with van der Waals surface area (Å²) in [6.45, 7) is 20.7. The second kappa shape index (κ2) is 29.5. The van der Waals surface area contributed by atoms with Gasteiger partial charge in [-0.2, -0.15) is 0 Å². The number of urea groups is 1. The molecule has 1 aromatic rings. The lowest BCUT2D eigenvalue weighted by Crippen LogP contribution is -2.62. The summed E-state index contributed by atoms with van der Waals surface area (Å²) >= 11 is 0. The zero-order valence-electron chi connectivity index (χ0n) is 52.3. The molecule has 26 heteroatoms. The van der Waals surface area contributed by atoms with E-state index in [2.05, 4.69) is 16.0 Å². The molecule has 0 bridgehead atoms. The average Bonchev–Trinajstić information content (AvgIpc) is 3.98. The van der Waals surface area contributed by atoms with Crippen molar-refractivity contribution >= 4 is 41.5 Å². The fourth-order valence-electron chi connectivity index (χ4n) is 12.9. The minimum Gasteiger partial charge on any atom is -0.459 e. The Hall–Kier alpha value is -4.74. The van der Waals surface area contributed by atoms with Gasteiger partial charge in [-0.15, -0.1) is 0 Å². The largest absolute Gasteiger partial charge is 0.459 e. The second-order valence-electron chi connectivity index (χ2n) is 25.2. The van der Waals surface area contributed by atoms with Gasteiger partial charge in [-0.1, -0.05) is 27.7 Å². The molecule has 5 saturated heterocycles. The lowest BCUT2D eigenvalue weighted by atomic mass is 9.72. The molecule has 484 valence electrons. The number of ether oxygens (including phenoxy) is 8. The van der Waals surface area contributed by atoms with Crippen LogP contribution < -0.4 is 31.5 Å². The molecule has 85 heavy (non-hydrogen) atoms. The van der Waals surface area contributed by atoms with E-state index in [0.717, 1.165) is 0 Å². The number of nitrogens with one attached hydrogen (secondary N) is 3. The van der Waals surface area contributed by atoms with E-state index >= 15 is 4.39 Å². The first-order chi connectivity index (χ1) is 39.8. The number of esters is 1. The first kappa shape index (κ1) is 69.4. The van der Waals surface area contributed by atoms with E-state index in [4.69, 9.17) is 43.6 Å². The van der Waals surface area contributed by atoms with Crippen LogP contribution in [0.2, 0.25) is 0 Å². The van der Waals surface area contributed by atoms with Crippen LogP contribution in [-0.4, -0.2) is 230 Å². The van der Waals surface area contributed by atoms with Crippen molar-refractivity contribution in [1.29, 1.82) is 0 Å². The predicted octanol–water partition coefficient (Wildman–Crippen LogP) is 3.19. The fraction of sp³-hybridized carbons (Fsp3) is 0.814. The molecule has 5 amide bonds. The third kappa shape index (κ3) is 16.9. The van der Waals surface area contributed by atoms with Crippen molar-refractivity contribution in [1.82, 2.24) is 25.8 Å². The molecule has 5 aliphatic heterocycles. The molecule has 0 aromatic heterocycles. The van der Waals surface area contributed by atoms with Gasteiger partial charge >= 0.3 is 24.2 Å². The number of hydrogen-bond acceptors (Lipinski definition) is 20. The summed E-state index contributed by atoms with van der Waals surface area (Å²) in [7, 11) is 5.18. The number of piperazine rings is 1. The summed E-state index contributed by atoms with van der Waals surface area (Å²) < 4.78 is 65.3. The van der Waals surface area contributed by atoms with E-state index in [1.807, 2.05) is 37.7 Å². The number of hydrogen-bond donors (Lipinski definition) is 8. The number of rotatable bonds is 17. The molecule has 5 fully saturated rings. The van der Waals surface area contributed by atoms with Crippen LogP contribution in [0.4, 0.5) is 30.1 Å². The summed E-state index contributed by atoms with van der Waals surface area (Å²) in [6, 6.07) is 3.13. The Morgan fingerprint density at radius 2 is 1.54 bits per heavy atom. The molecule has 0 saturated carbocycles. The Kier molecular flexibility index (Phi) is 24.1. The van der Waals surface area contributed by atoms with Crippen molar-refractivity contribution in [2.45, 2.75) is 211 Å². The summed E-state index contributed by atoms with van der Waals surface area (Å²) in [5, 5.41) is 56.4. The first-order valence-corrected chi connectivity index (χ1v) is 30.2. The van der Waals surface area contributed by atoms with E-state index in [1.165, 1.54) is 31.9 Å². The number of likely N-dealkylation sites (N-methyl/N-ethyl adjacent to an activating group) is 1. The quantitative estimate of drug-likeness (QED) is 0.0631. The molecular formula is C59H99FN8O17. The molecular weight excluding hydrogens is 1110 g/mol. The number of aliphatic hydroxyl groups is 4. The maximum atomic E-state index is 15.4. The number of amides is 5. The van der Waals surface area contributed by atoms with Gasteiger partial charge in [0.1, 0.15) is 35.3 Å². The highest BCUT2D eigenvalue weighted by molar-refractivity contribution is 5.90. The van der Waals surface area contributed by atoms with Gasteiger partial charge in [-0.05, 0) is 112 Å². The third-order valence-corrected chi connectivity index (χ3v) is 18.1. The number of anilines is 2. The van der Waals surface area contributed by atoms with Crippen molar-refractivity contribution < 1.29 is 86.7 Å². The number of aliphatic hydroxyl groups excluding tert-OH is 2. The average molecular weight is 1210 g/mol. The van der Waals surface area contributed by atoms with Crippen molar-refractivity contribution in [3.8, 4) is 0 Å². The summed E-state index contributed by atoms with van der Waals surface area (Å²) in [5.41, 5.74) is 2.62. The zero-order chi connectivity index (χ0) is 63.0. The molecule has 9 unspecified atom stereocenters. The molecule has 6 rings (SSSR count). The molecule has 0 radical (unpaired) electrons. The highest BCUT2D eigenvalue weighted by Gasteiger charge is 2.54. The Morgan fingerprint density at radius 3 is 2.15 bits per heavy atom. The topological polar surface area (TPSA) is 315 Å². The van der Waals surface area contributed by atoms with E-state index in [-0.39, 0.29) is 63.0 Å². The van der Waals surface area contributed by atoms with Gasteiger partial charge in [0.05, 0.1) is 66.5 Å². The van der Waals surface area contributed by atoms with Crippen LogP contribution in [0.25, 0.3) is 0 Å².